The summed E-state index contributed by atoms with van der Waals surface area (Å²) in [6, 6.07) is 0. The number of aryl methyl sites for hydroxylation is 1. The number of fused-ring (bicyclic) bond motifs is 1. The molecule has 0 amide bonds. The number of nitrogens with zero attached hydrogens (tertiary/aromatic N) is 7. The molecule has 0 bridgehead atoms. The Morgan fingerprint density at radius 2 is 2.15 bits per heavy atom. The van der Waals surface area contributed by atoms with Crippen LogP contribution in [-0.4, -0.2) is 45.9 Å². The molecule has 3 rings (SSSR count). The van der Waals surface area contributed by atoms with Crippen molar-refractivity contribution in [2.75, 3.05) is 0 Å². The van der Waals surface area contributed by atoms with Crippen LogP contribution in [0.15, 0.2) is 12.4 Å². The third-order valence-corrected chi connectivity index (χ3v) is 3.08. The van der Waals surface area contributed by atoms with Crippen molar-refractivity contribution < 1.29 is 9.90 Å². The standard InChI is InChI=1S/C11H11N7O2/c1-6-8(3-11(19)20)7(2)17(14-6)10-5-12-4-9-13-15-16-18(9)10/h4-5H,3H2,1-2H3,(H,19,20). The molecule has 3 aromatic rings. The number of rotatable bonds is 3. The second-order valence-electron chi connectivity index (χ2n) is 4.35. The Bertz CT molecular complexity index is 804. The van der Waals surface area contributed by atoms with Gasteiger partial charge in [0, 0.05) is 11.3 Å². The van der Waals surface area contributed by atoms with Gasteiger partial charge in [-0.3, -0.25) is 9.78 Å². The summed E-state index contributed by atoms with van der Waals surface area (Å²) in [6.45, 7) is 3.58. The lowest BCUT2D eigenvalue weighted by Gasteiger charge is -2.05. The maximum absolute atomic E-state index is 10.9. The molecule has 0 spiro atoms. The molecule has 0 fully saturated rings. The third-order valence-electron chi connectivity index (χ3n) is 3.08. The van der Waals surface area contributed by atoms with Crippen LogP contribution in [0.25, 0.3) is 11.5 Å². The zero-order valence-electron chi connectivity index (χ0n) is 10.8. The lowest BCUT2D eigenvalue weighted by molar-refractivity contribution is -0.136. The van der Waals surface area contributed by atoms with Crippen LogP contribution >= 0.6 is 0 Å². The van der Waals surface area contributed by atoms with Gasteiger partial charge in [-0.15, -0.1) is 5.10 Å². The molecule has 0 atom stereocenters. The van der Waals surface area contributed by atoms with E-state index in [4.69, 9.17) is 5.11 Å². The lowest BCUT2D eigenvalue weighted by atomic mass is 10.1. The highest BCUT2D eigenvalue weighted by atomic mass is 16.4. The second-order valence-corrected chi connectivity index (χ2v) is 4.35. The molecule has 0 saturated heterocycles. The van der Waals surface area contributed by atoms with E-state index in [0.717, 1.165) is 5.69 Å². The lowest BCUT2D eigenvalue weighted by Crippen LogP contribution is -2.08. The predicted molar refractivity (Wildman–Crippen MR) is 66.5 cm³/mol. The minimum absolute atomic E-state index is 0.0727. The van der Waals surface area contributed by atoms with E-state index >= 15 is 0 Å². The van der Waals surface area contributed by atoms with E-state index in [9.17, 15) is 4.79 Å². The Morgan fingerprint density at radius 1 is 1.35 bits per heavy atom. The van der Waals surface area contributed by atoms with Crippen LogP contribution in [0, 0.1) is 13.8 Å². The first-order valence-electron chi connectivity index (χ1n) is 5.87. The first-order chi connectivity index (χ1) is 9.58. The first-order valence-corrected chi connectivity index (χ1v) is 5.87. The molecule has 9 nitrogen and oxygen atoms in total. The van der Waals surface area contributed by atoms with E-state index < -0.39 is 5.97 Å². The monoisotopic (exact) mass is 273 g/mol. The molecule has 1 N–H and O–H groups in total. The van der Waals surface area contributed by atoms with Crippen LogP contribution in [0.2, 0.25) is 0 Å². The summed E-state index contributed by atoms with van der Waals surface area (Å²) in [5, 5.41) is 24.6. The van der Waals surface area contributed by atoms with Crippen LogP contribution in [0.1, 0.15) is 17.0 Å². The van der Waals surface area contributed by atoms with Gasteiger partial charge in [0.1, 0.15) is 0 Å². The van der Waals surface area contributed by atoms with Crippen molar-refractivity contribution in [2.24, 2.45) is 0 Å². The average Bonchev–Trinajstić information content (AvgIpc) is 2.98. The van der Waals surface area contributed by atoms with E-state index in [-0.39, 0.29) is 6.42 Å². The van der Waals surface area contributed by atoms with E-state index in [1.165, 1.54) is 10.7 Å². The summed E-state index contributed by atoms with van der Waals surface area (Å²) in [5.41, 5.74) is 2.57. The smallest absolute Gasteiger partial charge is 0.307 e. The molecule has 3 aromatic heterocycles. The maximum atomic E-state index is 10.9. The van der Waals surface area contributed by atoms with Crippen LogP contribution in [0.4, 0.5) is 0 Å². The first kappa shape index (κ1) is 12.2. The summed E-state index contributed by atoms with van der Waals surface area (Å²) >= 11 is 0. The molecule has 102 valence electrons. The van der Waals surface area contributed by atoms with Crippen LogP contribution in [-0.2, 0) is 11.2 Å². The minimum atomic E-state index is -0.894. The van der Waals surface area contributed by atoms with Gasteiger partial charge in [0.2, 0.25) is 0 Å². The molecule has 0 aliphatic carbocycles. The molecule has 0 aromatic carbocycles. The van der Waals surface area contributed by atoms with E-state index in [1.807, 2.05) is 6.92 Å². The van der Waals surface area contributed by atoms with Crippen molar-refractivity contribution >= 4 is 11.6 Å². The van der Waals surface area contributed by atoms with Gasteiger partial charge in [0.25, 0.3) is 0 Å². The van der Waals surface area contributed by atoms with Gasteiger partial charge in [-0.25, -0.2) is 4.68 Å². The highest BCUT2D eigenvalue weighted by molar-refractivity contribution is 5.71. The van der Waals surface area contributed by atoms with Gasteiger partial charge in [0.05, 0.1) is 24.5 Å². The molecule has 0 aliphatic rings. The molecular formula is C11H11N7O2. The number of carboxylic acids is 1. The average molecular weight is 273 g/mol. The van der Waals surface area contributed by atoms with Crippen molar-refractivity contribution in [3.8, 4) is 5.82 Å². The Balaban J connectivity index is 2.20. The number of aliphatic carboxylic acids is 1. The van der Waals surface area contributed by atoms with Crippen LogP contribution in [0.5, 0.6) is 0 Å². The number of hydrogen-bond acceptors (Lipinski definition) is 6. The Hall–Kier alpha value is -2.84. The van der Waals surface area contributed by atoms with E-state index in [0.29, 0.717) is 22.7 Å². The van der Waals surface area contributed by atoms with Crippen LogP contribution in [0.3, 0.4) is 0 Å². The van der Waals surface area contributed by atoms with E-state index in [2.05, 4.69) is 25.6 Å². The van der Waals surface area contributed by atoms with Gasteiger partial charge >= 0.3 is 5.97 Å². The molecule has 0 unspecified atom stereocenters. The van der Waals surface area contributed by atoms with Gasteiger partial charge in [-0.2, -0.15) is 9.61 Å². The fourth-order valence-electron chi connectivity index (χ4n) is 2.11. The summed E-state index contributed by atoms with van der Waals surface area (Å²) in [4.78, 5) is 15.0. The van der Waals surface area contributed by atoms with Crippen LogP contribution < -0.4 is 0 Å². The summed E-state index contributed by atoms with van der Waals surface area (Å²) in [7, 11) is 0. The maximum Gasteiger partial charge on any atom is 0.307 e. The minimum Gasteiger partial charge on any atom is -0.481 e. The molecule has 0 aliphatic heterocycles. The van der Waals surface area contributed by atoms with Gasteiger partial charge < -0.3 is 5.11 Å². The highest BCUT2D eigenvalue weighted by Gasteiger charge is 2.17. The number of carbonyl (C=O) groups is 1. The van der Waals surface area contributed by atoms with Gasteiger partial charge in [-0.1, -0.05) is 0 Å². The van der Waals surface area contributed by atoms with Crippen molar-refractivity contribution in [3.05, 3.63) is 29.3 Å². The Kier molecular flexibility index (Phi) is 2.67. The zero-order valence-corrected chi connectivity index (χ0v) is 10.8. The second kappa shape index (κ2) is 4.37. The number of carboxylic acid groups (broad SMARTS) is 1. The summed E-state index contributed by atoms with van der Waals surface area (Å²) < 4.78 is 3.10. The number of hydrogen-bond donors (Lipinski definition) is 1. The topological polar surface area (TPSA) is 111 Å². The van der Waals surface area contributed by atoms with Crippen molar-refractivity contribution in [1.82, 2.24) is 34.8 Å². The molecule has 0 saturated carbocycles. The third kappa shape index (κ3) is 1.79. The molecule has 0 radical (unpaired) electrons. The quantitative estimate of drug-likeness (QED) is 0.712. The highest BCUT2D eigenvalue weighted by Crippen LogP contribution is 2.18. The van der Waals surface area contributed by atoms with Gasteiger partial charge in [0.15, 0.2) is 11.5 Å². The van der Waals surface area contributed by atoms with Crippen molar-refractivity contribution in [2.45, 2.75) is 20.3 Å². The predicted octanol–water partition coefficient (Wildman–Crippen LogP) is -0.0511. The largest absolute Gasteiger partial charge is 0.481 e. The molecule has 9 heteroatoms. The summed E-state index contributed by atoms with van der Waals surface area (Å²) in [6.07, 6.45) is 3.04. The van der Waals surface area contributed by atoms with E-state index in [1.54, 1.807) is 17.8 Å². The zero-order chi connectivity index (χ0) is 14.3. The molecule has 3 heterocycles. The van der Waals surface area contributed by atoms with Gasteiger partial charge in [-0.05, 0) is 24.3 Å². The molecular weight excluding hydrogens is 262 g/mol. The fourth-order valence-corrected chi connectivity index (χ4v) is 2.11. The summed E-state index contributed by atoms with van der Waals surface area (Å²) in [5.74, 6) is -0.334. The number of tetrazole rings is 1. The Morgan fingerprint density at radius 3 is 2.90 bits per heavy atom. The SMILES string of the molecule is Cc1nn(-c2cncc3nnnn23)c(C)c1CC(=O)O. The van der Waals surface area contributed by atoms with Crippen molar-refractivity contribution in [1.29, 1.82) is 0 Å². The molecule has 20 heavy (non-hydrogen) atoms. The number of aromatic nitrogens is 7. The Labute approximate surface area is 112 Å². The fraction of sp³-hybridized carbons (Fsp3) is 0.273. The normalized spacial score (nSPS) is 11.1. The van der Waals surface area contributed by atoms with Crippen molar-refractivity contribution in [3.63, 3.8) is 0 Å².